The zero-order valence-corrected chi connectivity index (χ0v) is 22.2. The molecule has 1 aromatic carbocycles. The van der Waals surface area contributed by atoms with Gasteiger partial charge in [0.15, 0.2) is 0 Å². The highest BCUT2D eigenvalue weighted by Crippen LogP contribution is 2.29. The number of aromatic nitrogens is 6. The smallest absolute Gasteiger partial charge is 0.268 e. The van der Waals surface area contributed by atoms with Gasteiger partial charge in [-0.15, -0.1) is 11.5 Å². The first-order valence-corrected chi connectivity index (χ1v) is 13.3. The molecule has 2 N–H and O–H groups in total. The van der Waals surface area contributed by atoms with Gasteiger partial charge in [-0.1, -0.05) is 17.2 Å². The summed E-state index contributed by atoms with van der Waals surface area (Å²) < 4.78 is 3.35. The number of nitrogens with zero attached hydrogens (tertiary/aromatic N) is 7. The predicted octanol–water partition coefficient (Wildman–Crippen LogP) is 3.38. The summed E-state index contributed by atoms with van der Waals surface area (Å²) in [4.78, 5) is 24.9. The molecular weight excluding hydrogens is 490 g/mol. The molecule has 1 fully saturated rings. The Bertz CT molecular complexity index is 1660. The molecule has 1 aliphatic carbocycles. The van der Waals surface area contributed by atoms with Crippen LogP contribution in [0.25, 0.3) is 16.6 Å². The highest BCUT2D eigenvalue weighted by Gasteiger charge is 2.21. The van der Waals surface area contributed by atoms with Gasteiger partial charge in [-0.25, -0.2) is 9.67 Å². The zero-order chi connectivity index (χ0) is 26.9. The molecule has 1 aliphatic heterocycles. The molecule has 10 nitrogen and oxygen atoms in total. The number of allylic oxidation sites excluding steroid dienone is 2. The number of likely N-dealkylation sites (tertiary alicyclic amines) is 1. The van der Waals surface area contributed by atoms with Crippen LogP contribution in [0.2, 0.25) is 0 Å². The molecule has 1 unspecified atom stereocenters. The first-order valence-electron chi connectivity index (χ1n) is 13.3. The number of nitrogens with one attached hydrogen (secondary N) is 2. The molecule has 0 saturated carbocycles. The van der Waals surface area contributed by atoms with Gasteiger partial charge in [-0.3, -0.25) is 9.36 Å². The van der Waals surface area contributed by atoms with Crippen molar-refractivity contribution in [2.75, 3.05) is 30.8 Å². The normalized spacial score (nSPS) is 17.4. The van der Waals surface area contributed by atoms with Gasteiger partial charge in [0, 0.05) is 42.6 Å². The molecule has 39 heavy (non-hydrogen) atoms. The van der Waals surface area contributed by atoms with E-state index in [9.17, 15) is 4.79 Å². The summed E-state index contributed by atoms with van der Waals surface area (Å²) in [6.07, 6.45) is 13.8. The van der Waals surface area contributed by atoms with Crippen molar-refractivity contribution in [3.05, 3.63) is 69.9 Å². The molecule has 3 aromatic heterocycles. The van der Waals surface area contributed by atoms with Gasteiger partial charge >= 0.3 is 0 Å². The maximum atomic E-state index is 13.4. The van der Waals surface area contributed by atoms with Crippen LogP contribution in [0, 0.1) is 12.3 Å². The van der Waals surface area contributed by atoms with E-state index in [0.29, 0.717) is 28.7 Å². The Balaban J connectivity index is 1.30. The lowest BCUT2D eigenvalue weighted by molar-refractivity contribution is 0.414. The molecule has 4 aromatic rings. The topological polar surface area (TPSA) is 106 Å². The number of fused-ring (bicyclic) bond motifs is 1. The Hall–Kier alpha value is -4.49. The van der Waals surface area contributed by atoms with E-state index in [2.05, 4.69) is 49.9 Å². The summed E-state index contributed by atoms with van der Waals surface area (Å²) in [6.45, 7) is 2.36. The van der Waals surface area contributed by atoms with Crippen molar-refractivity contribution < 1.29 is 0 Å². The number of aryl methyl sites for hydroxylation is 1. The minimum atomic E-state index is -0.292. The number of rotatable bonds is 7. The van der Waals surface area contributed by atoms with Gasteiger partial charge in [0.1, 0.15) is 11.3 Å². The average Bonchev–Trinajstić information content (AvgIpc) is 3.69. The number of benzene rings is 1. The lowest BCUT2D eigenvalue weighted by Crippen LogP contribution is -2.25. The van der Waals surface area contributed by atoms with Crippen molar-refractivity contribution in [2.24, 2.45) is 7.05 Å². The molecule has 4 heterocycles. The van der Waals surface area contributed by atoms with Crippen LogP contribution in [-0.4, -0.2) is 60.6 Å². The number of hydrogen-bond acceptors (Lipinski definition) is 8. The number of pyridine rings is 1. The lowest BCUT2D eigenvalue weighted by atomic mass is 10.1. The molecule has 0 bridgehead atoms. The minimum Gasteiger partial charge on any atom is -0.381 e. The maximum Gasteiger partial charge on any atom is 0.268 e. The van der Waals surface area contributed by atoms with Crippen molar-refractivity contribution in [3.63, 3.8) is 0 Å². The van der Waals surface area contributed by atoms with E-state index >= 15 is 0 Å². The van der Waals surface area contributed by atoms with E-state index in [1.165, 1.54) is 5.57 Å². The first kappa shape index (κ1) is 24.8. The van der Waals surface area contributed by atoms with Crippen LogP contribution in [-0.2, 0) is 13.6 Å². The largest absolute Gasteiger partial charge is 0.381 e. The van der Waals surface area contributed by atoms with Gasteiger partial charge < -0.3 is 15.5 Å². The van der Waals surface area contributed by atoms with Gasteiger partial charge in [-0.05, 0) is 75.2 Å². The van der Waals surface area contributed by atoms with Gasteiger partial charge in [-0.2, -0.15) is 4.98 Å². The summed E-state index contributed by atoms with van der Waals surface area (Å²) in [7, 11) is 4.02. The van der Waals surface area contributed by atoms with Crippen molar-refractivity contribution >= 4 is 33.9 Å². The molecule has 0 radical (unpaired) electrons. The van der Waals surface area contributed by atoms with Crippen molar-refractivity contribution in [1.82, 2.24) is 34.4 Å². The second-order valence-electron chi connectivity index (χ2n) is 10.3. The number of hydrogen-bond donors (Lipinski definition) is 2. The van der Waals surface area contributed by atoms with E-state index in [4.69, 9.17) is 11.4 Å². The third-order valence-electron chi connectivity index (χ3n) is 7.44. The summed E-state index contributed by atoms with van der Waals surface area (Å²) in [5, 5.41) is 16.2. The van der Waals surface area contributed by atoms with Crippen LogP contribution in [0.4, 0.5) is 17.3 Å². The lowest BCUT2D eigenvalue weighted by Gasteiger charge is -2.15. The van der Waals surface area contributed by atoms with Crippen LogP contribution < -0.4 is 16.2 Å². The Kier molecular flexibility index (Phi) is 6.59. The van der Waals surface area contributed by atoms with Crippen LogP contribution in [0.5, 0.6) is 0 Å². The minimum absolute atomic E-state index is 0.207. The van der Waals surface area contributed by atoms with E-state index in [1.54, 1.807) is 21.5 Å². The molecule has 1 atom stereocenters. The fraction of sp³-hybridized carbons (Fsp3) is 0.345. The highest BCUT2D eigenvalue weighted by molar-refractivity contribution is 5.78. The zero-order valence-electron chi connectivity index (χ0n) is 22.2. The summed E-state index contributed by atoms with van der Waals surface area (Å²) in [6, 6.07) is 10.2. The number of terminal acetylenes is 1. The van der Waals surface area contributed by atoms with Crippen molar-refractivity contribution in [3.8, 4) is 12.3 Å². The van der Waals surface area contributed by atoms with Crippen LogP contribution in [0.3, 0.4) is 0 Å². The van der Waals surface area contributed by atoms with Crippen LogP contribution >= 0.6 is 0 Å². The molecule has 0 spiro atoms. The quantitative estimate of drug-likeness (QED) is 0.357. The Morgan fingerprint density at radius 2 is 2.00 bits per heavy atom. The Labute approximate surface area is 226 Å². The third kappa shape index (κ3) is 5.01. The molecule has 0 amide bonds. The van der Waals surface area contributed by atoms with Gasteiger partial charge in [0.25, 0.3) is 5.56 Å². The van der Waals surface area contributed by atoms with E-state index in [0.717, 1.165) is 55.8 Å². The molecule has 2 aliphatic rings. The molecular formula is C29H31N9O. The predicted molar refractivity (Wildman–Crippen MR) is 153 cm³/mol. The summed E-state index contributed by atoms with van der Waals surface area (Å²) in [5.41, 5.74) is 5.25. The first-order chi connectivity index (χ1) is 19.0. The highest BCUT2D eigenvalue weighted by atomic mass is 16.1. The molecule has 6 rings (SSSR count). The second kappa shape index (κ2) is 10.3. The molecule has 1 saturated heterocycles. The van der Waals surface area contributed by atoms with E-state index in [1.807, 2.05) is 31.3 Å². The van der Waals surface area contributed by atoms with Crippen molar-refractivity contribution in [1.29, 1.82) is 0 Å². The van der Waals surface area contributed by atoms with Gasteiger partial charge in [0.2, 0.25) is 5.95 Å². The standard InChI is InChI=1S/C29H31N9O/c1-4-19-15-21-16-30-29(32-23-11-9-22(10-12-23)31-24-13-14-36(2)17-24)33-27(21)38(28(19)39)18-25-26(37(3)35-34-25)20-7-5-6-8-20/h1,7,9-12,15-16,24,31H,5-6,8,13-14,17-18H2,2-3H3,(H,30,32,33). The summed E-state index contributed by atoms with van der Waals surface area (Å²) >= 11 is 0. The SMILES string of the molecule is C#Cc1cc2cnc(Nc3ccc(NC4CCN(C)C4)cc3)nc2n(Cc2nnn(C)c2C2=CCCC2)c1=O. The van der Waals surface area contributed by atoms with Crippen molar-refractivity contribution in [2.45, 2.75) is 38.3 Å². The van der Waals surface area contributed by atoms with E-state index < -0.39 is 0 Å². The van der Waals surface area contributed by atoms with E-state index in [-0.39, 0.29) is 17.7 Å². The maximum absolute atomic E-state index is 13.4. The Morgan fingerprint density at radius 1 is 1.18 bits per heavy atom. The molecule has 10 heteroatoms. The Morgan fingerprint density at radius 3 is 2.72 bits per heavy atom. The van der Waals surface area contributed by atoms with Crippen LogP contribution in [0.15, 0.2) is 47.4 Å². The average molecular weight is 522 g/mol. The molecule has 198 valence electrons. The van der Waals surface area contributed by atoms with Gasteiger partial charge in [0.05, 0.1) is 17.8 Å². The monoisotopic (exact) mass is 521 g/mol. The number of likely N-dealkylation sites (N-methyl/N-ethyl adjacent to an activating group) is 1. The van der Waals surface area contributed by atoms with Crippen LogP contribution in [0.1, 0.15) is 42.6 Å². The second-order valence-corrected chi connectivity index (χ2v) is 10.3. The fourth-order valence-corrected chi connectivity index (χ4v) is 5.47. The fourth-order valence-electron chi connectivity index (χ4n) is 5.47. The third-order valence-corrected chi connectivity index (χ3v) is 7.44. The summed E-state index contributed by atoms with van der Waals surface area (Å²) in [5.74, 6) is 2.90. The number of anilines is 3.